The van der Waals surface area contributed by atoms with Gasteiger partial charge in [0.05, 0.1) is 20.2 Å². The standard InChI is InChI=1S/C22H27N5O4/c1-24-19-18(20(29)25(2)22(24)30)27(21(23-19)26-12-6-4-5-7-13-26)14-17(28)15-8-10-16(31-3)11-9-15/h8-11H,4-7,12-14H2,1-3H3/p+1. The van der Waals surface area contributed by atoms with Crippen LogP contribution in [-0.4, -0.2) is 40.1 Å². The van der Waals surface area contributed by atoms with E-state index in [-0.39, 0.29) is 12.3 Å². The summed E-state index contributed by atoms with van der Waals surface area (Å²) in [5, 5.41) is 0. The van der Waals surface area contributed by atoms with Crippen LogP contribution in [0.15, 0.2) is 33.9 Å². The van der Waals surface area contributed by atoms with Crippen molar-refractivity contribution < 1.29 is 14.1 Å². The highest BCUT2D eigenvalue weighted by Crippen LogP contribution is 2.18. The number of Topliss-reactive ketones (excluding diaryl/α,β-unsaturated/α-hetero) is 1. The second-order valence-corrected chi connectivity index (χ2v) is 7.99. The number of ketones is 1. The van der Waals surface area contributed by atoms with Gasteiger partial charge in [-0.1, -0.05) is 12.8 Å². The van der Waals surface area contributed by atoms with Gasteiger partial charge in [-0.3, -0.25) is 23.6 Å². The van der Waals surface area contributed by atoms with Gasteiger partial charge in [0, 0.05) is 19.7 Å². The highest BCUT2D eigenvalue weighted by Gasteiger charge is 2.30. The Balaban J connectivity index is 1.86. The SMILES string of the molecule is COc1ccc(C(=O)C[n+]2c(N3CCCCCC3)[nH]c3c2c(=O)n(C)c(=O)n3C)cc1. The molecule has 1 fully saturated rings. The zero-order valence-electron chi connectivity index (χ0n) is 18.2. The number of aromatic nitrogens is 4. The highest BCUT2D eigenvalue weighted by atomic mass is 16.5. The Morgan fingerprint density at radius 2 is 1.68 bits per heavy atom. The van der Waals surface area contributed by atoms with Crippen molar-refractivity contribution in [3.05, 3.63) is 50.7 Å². The third-order valence-electron chi connectivity index (χ3n) is 6.02. The van der Waals surface area contributed by atoms with Crippen molar-refractivity contribution in [1.29, 1.82) is 0 Å². The van der Waals surface area contributed by atoms with E-state index >= 15 is 0 Å². The van der Waals surface area contributed by atoms with Gasteiger partial charge in [-0.05, 0) is 37.1 Å². The molecular formula is C22H28N5O4+. The molecule has 164 valence electrons. The van der Waals surface area contributed by atoms with Crippen molar-refractivity contribution in [2.75, 3.05) is 25.1 Å². The lowest BCUT2D eigenvalue weighted by atomic mass is 10.1. The first-order chi connectivity index (χ1) is 14.9. The predicted octanol–water partition coefficient (Wildman–Crippen LogP) is 1.12. The van der Waals surface area contributed by atoms with E-state index in [0.29, 0.717) is 28.4 Å². The molecule has 9 nitrogen and oxygen atoms in total. The molecule has 1 aromatic carbocycles. The second kappa shape index (κ2) is 8.41. The Kier molecular flexibility index (Phi) is 5.67. The summed E-state index contributed by atoms with van der Waals surface area (Å²) < 4.78 is 9.41. The van der Waals surface area contributed by atoms with Crippen molar-refractivity contribution in [2.24, 2.45) is 14.1 Å². The summed E-state index contributed by atoms with van der Waals surface area (Å²) in [6, 6.07) is 6.92. The Morgan fingerprint density at radius 1 is 1.03 bits per heavy atom. The Hall–Kier alpha value is -3.36. The van der Waals surface area contributed by atoms with Crippen LogP contribution in [0.4, 0.5) is 5.95 Å². The molecule has 0 saturated carbocycles. The maximum Gasteiger partial charge on any atom is 0.360 e. The van der Waals surface area contributed by atoms with Crippen LogP contribution in [0.25, 0.3) is 11.2 Å². The number of nitrogens with one attached hydrogen (secondary N) is 1. The van der Waals surface area contributed by atoms with E-state index in [9.17, 15) is 14.4 Å². The molecule has 2 aromatic heterocycles. The van der Waals surface area contributed by atoms with Crippen LogP contribution in [0.3, 0.4) is 0 Å². The Labute approximate surface area is 179 Å². The topological polar surface area (TPSA) is 93.2 Å². The molecule has 31 heavy (non-hydrogen) atoms. The van der Waals surface area contributed by atoms with Crippen LogP contribution >= 0.6 is 0 Å². The van der Waals surface area contributed by atoms with Crippen molar-refractivity contribution in [2.45, 2.75) is 32.2 Å². The number of aryl methyl sites for hydroxylation is 1. The molecular weight excluding hydrogens is 398 g/mol. The van der Waals surface area contributed by atoms with Gasteiger partial charge < -0.3 is 4.74 Å². The van der Waals surface area contributed by atoms with Gasteiger partial charge in [0.25, 0.3) is 5.56 Å². The summed E-state index contributed by atoms with van der Waals surface area (Å²) in [6.07, 6.45) is 4.39. The van der Waals surface area contributed by atoms with Crippen LogP contribution < -0.4 is 25.5 Å². The number of aromatic amines is 1. The Morgan fingerprint density at radius 3 is 2.29 bits per heavy atom. The predicted molar refractivity (Wildman–Crippen MR) is 117 cm³/mol. The van der Waals surface area contributed by atoms with Crippen LogP contribution in [0.2, 0.25) is 0 Å². The third kappa shape index (κ3) is 3.75. The van der Waals surface area contributed by atoms with Gasteiger partial charge in [-0.2, -0.15) is 0 Å². The molecule has 1 aliphatic rings. The minimum Gasteiger partial charge on any atom is -0.497 e. The minimum atomic E-state index is -0.419. The second-order valence-electron chi connectivity index (χ2n) is 7.99. The zero-order valence-corrected chi connectivity index (χ0v) is 18.2. The summed E-state index contributed by atoms with van der Waals surface area (Å²) in [7, 11) is 4.66. The first kappa shape index (κ1) is 20.9. The number of carbonyl (C=O) groups excluding carboxylic acids is 1. The van der Waals surface area contributed by atoms with Gasteiger partial charge in [0.2, 0.25) is 11.2 Å². The molecule has 4 rings (SSSR count). The number of ether oxygens (including phenoxy) is 1. The number of imidazole rings is 1. The lowest BCUT2D eigenvalue weighted by Gasteiger charge is -2.15. The van der Waals surface area contributed by atoms with E-state index in [1.165, 1.54) is 11.6 Å². The fourth-order valence-electron chi connectivity index (χ4n) is 4.19. The molecule has 0 unspecified atom stereocenters. The van der Waals surface area contributed by atoms with Crippen molar-refractivity contribution in [1.82, 2.24) is 14.1 Å². The van der Waals surface area contributed by atoms with E-state index in [0.717, 1.165) is 43.3 Å². The van der Waals surface area contributed by atoms with Gasteiger partial charge in [-0.25, -0.2) is 14.3 Å². The Bertz CT molecular complexity index is 1230. The fraction of sp³-hybridized carbons (Fsp3) is 0.455. The van der Waals surface area contributed by atoms with Crippen LogP contribution in [0.5, 0.6) is 5.75 Å². The number of hydrogen-bond donors (Lipinski definition) is 1. The largest absolute Gasteiger partial charge is 0.497 e. The third-order valence-corrected chi connectivity index (χ3v) is 6.02. The fourth-order valence-corrected chi connectivity index (χ4v) is 4.19. The normalized spacial score (nSPS) is 14.6. The van der Waals surface area contributed by atoms with E-state index in [2.05, 4.69) is 9.88 Å². The monoisotopic (exact) mass is 426 g/mol. The van der Waals surface area contributed by atoms with Gasteiger partial charge in [-0.15, -0.1) is 0 Å². The highest BCUT2D eigenvalue weighted by molar-refractivity contribution is 5.95. The number of benzene rings is 1. The zero-order chi connectivity index (χ0) is 22.1. The number of anilines is 1. The smallest absolute Gasteiger partial charge is 0.360 e. The quantitative estimate of drug-likeness (QED) is 0.488. The lowest BCUT2D eigenvalue weighted by molar-refractivity contribution is -0.644. The molecule has 1 aliphatic heterocycles. The average Bonchev–Trinajstić information content (AvgIpc) is 2.96. The molecule has 0 spiro atoms. The first-order valence-corrected chi connectivity index (χ1v) is 10.6. The van der Waals surface area contributed by atoms with Crippen molar-refractivity contribution in [3.8, 4) is 5.75 Å². The number of nitrogens with zero attached hydrogens (tertiary/aromatic N) is 4. The number of hydrogen-bond acceptors (Lipinski definition) is 5. The number of methoxy groups -OCH3 is 1. The molecule has 9 heteroatoms. The van der Waals surface area contributed by atoms with Crippen molar-refractivity contribution >= 4 is 22.9 Å². The van der Waals surface area contributed by atoms with E-state index in [1.54, 1.807) is 43.0 Å². The van der Waals surface area contributed by atoms with Crippen molar-refractivity contribution in [3.63, 3.8) is 0 Å². The number of fused-ring (bicyclic) bond motifs is 1. The number of H-pyrrole nitrogens is 1. The maximum absolute atomic E-state index is 13.1. The molecule has 3 heterocycles. The summed E-state index contributed by atoms with van der Waals surface area (Å²) in [5.74, 6) is 1.24. The van der Waals surface area contributed by atoms with E-state index < -0.39 is 11.2 Å². The van der Waals surface area contributed by atoms with E-state index in [1.807, 2.05) is 0 Å². The van der Waals surface area contributed by atoms with Crippen LogP contribution in [0.1, 0.15) is 36.0 Å². The molecule has 0 atom stereocenters. The molecule has 1 saturated heterocycles. The van der Waals surface area contributed by atoms with Gasteiger partial charge in [0.1, 0.15) is 12.3 Å². The summed E-state index contributed by atoms with van der Waals surface area (Å²) in [5.41, 5.74) is 0.458. The molecule has 0 bridgehead atoms. The maximum atomic E-state index is 13.1. The van der Waals surface area contributed by atoms with Crippen LogP contribution in [0, 0.1) is 0 Å². The first-order valence-electron chi connectivity index (χ1n) is 10.6. The molecule has 0 radical (unpaired) electrons. The van der Waals surface area contributed by atoms with Gasteiger partial charge in [0.15, 0.2) is 5.78 Å². The molecule has 3 aromatic rings. The van der Waals surface area contributed by atoms with E-state index in [4.69, 9.17) is 4.74 Å². The number of rotatable bonds is 5. The molecule has 0 amide bonds. The summed E-state index contributed by atoms with van der Waals surface area (Å²) in [6.45, 7) is 1.65. The summed E-state index contributed by atoms with van der Waals surface area (Å²) >= 11 is 0. The lowest BCUT2D eigenvalue weighted by Crippen LogP contribution is -2.48. The van der Waals surface area contributed by atoms with Crippen LogP contribution in [-0.2, 0) is 20.6 Å². The summed E-state index contributed by atoms with van der Waals surface area (Å²) in [4.78, 5) is 44.1. The molecule has 0 aliphatic carbocycles. The number of carbonyl (C=O) groups is 1. The minimum absolute atomic E-state index is 0.00833. The van der Waals surface area contributed by atoms with Gasteiger partial charge >= 0.3 is 11.6 Å². The molecule has 1 N–H and O–H groups in total. The average molecular weight is 426 g/mol.